The topological polar surface area (TPSA) is 29.5 Å². The lowest BCUT2D eigenvalue weighted by Gasteiger charge is -2.34. The molecule has 1 saturated heterocycles. The molecule has 0 spiro atoms. The van der Waals surface area contributed by atoms with Gasteiger partial charge < -0.3 is 4.74 Å². The minimum Gasteiger partial charge on any atom is -0.357 e. The first-order chi connectivity index (χ1) is 9.86. The van der Waals surface area contributed by atoms with E-state index in [1.165, 1.54) is 6.07 Å². The molecule has 2 heterocycles. The maximum Gasteiger partial charge on any atom is 0.139 e. The van der Waals surface area contributed by atoms with Crippen molar-refractivity contribution in [3.05, 3.63) is 35.1 Å². The Bertz CT molecular complexity index is 564. The molecule has 0 N–H and O–H groups in total. The number of ketones is 1. The van der Waals surface area contributed by atoms with E-state index in [-0.39, 0.29) is 29.3 Å². The molecule has 0 radical (unpaired) electrons. The van der Waals surface area contributed by atoms with Crippen molar-refractivity contribution in [2.45, 2.75) is 45.9 Å². The summed E-state index contributed by atoms with van der Waals surface area (Å²) in [4.78, 5) is 14.5. The molecule has 114 valence electrons. The molecule has 21 heavy (non-hydrogen) atoms. The molecular formula is C17H22FNO2. The average Bonchev–Trinajstić information content (AvgIpc) is 2.81. The minimum absolute atomic E-state index is 0.109. The van der Waals surface area contributed by atoms with Crippen molar-refractivity contribution >= 4 is 5.78 Å². The van der Waals surface area contributed by atoms with Gasteiger partial charge in [-0.1, -0.05) is 26.8 Å². The number of halogens is 1. The van der Waals surface area contributed by atoms with Gasteiger partial charge in [0.2, 0.25) is 0 Å². The van der Waals surface area contributed by atoms with Gasteiger partial charge in [-0.05, 0) is 24.1 Å². The van der Waals surface area contributed by atoms with Gasteiger partial charge in [-0.25, -0.2) is 4.39 Å². The lowest BCUT2D eigenvalue weighted by molar-refractivity contribution is -0.127. The SMILES string of the molecule is CC(C)(C)C(=O)C[C@@H]1CO[C@H]2c3cc(F)ccc3CCN12. The van der Waals surface area contributed by atoms with E-state index < -0.39 is 0 Å². The van der Waals surface area contributed by atoms with Gasteiger partial charge >= 0.3 is 0 Å². The van der Waals surface area contributed by atoms with Crippen LogP contribution in [0.4, 0.5) is 4.39 Å². The van der Waals surface area contributed by atoms with Crippen LogP contribution < -0.4 is 0 Å². The second-order valence-electron chi connectivity index (χ2n) is 7.05. The Kier molecular flexibility index (Phi) is 3.62. The Labute approximate surface area is 125 Å². The van der Waals surface area contributed by atoms with E-state index in [0.717, 1.165) is 24.1 Å². The zero-order valence-corrected chi connectivity index (χ0v) is 12.9. The predicted octanol–water partition coefficient (Wildman–Crippen LogP) is 3.09. The van der Waals surface area contributed by atoms with Gasteiger partial charge in [-0.3, -0.25) is 9.69 Å². The van der Waals surface area contributed by atoms with Crippen LogP contribution in [0.15, 0.2) is 18.2 Å². The monoisotopic (exact) mass is 291 g/mol. The molecule has 0 aromatic heterocycles. The number of Topliss-reactive ketones (excluding diaryl/α,β-unsaturated/α-hetero) is 1. The Morgan fingerprint density at radius 1 is 1.43 bits per heavy atom. The Balaban J connectivity index is 1.79. The number of rotatable bonds is 2. The highest BCUT2D eigenvalue weighted by atomic mass is 19.1. The molecule has 4 heteroatoms. The van der Waals surface area contributed by atoms with E-state index in [4.69, 9.17) is 4.74 Å². The molecular weight excluding hydrogens is 269 g/mol. The molecule has 2 atom stereocenters. The van der Waals surface area contributed by atoms with Crippen molar-refractivity contribution in [1.29, 1.82) is 0 Å². The minimum atomic E-state index is -0.322. The van der Waals surface area contributed by atoms with E-state index in [2.05, 4.69) is 4.90 Å². The lowest BCUT2D eigenvalue weighted by Crippen LogP contribution is -2.40. The van der Waals surface area contributed by atoms with E-state index in [0.29, 0.717) is 13.0 Å². The summed E-state index contributed by atoms with van der Waals surface area (Å²) in [6.45, 7) is 7.25. The number of hydrogen-bond acceptors (Lipinski definition) is 3. The van der Waals surface area contributed by atoms with Crippen molar-refractivity contribution in [1.82, 2.24) is 4.90 Å². The summed E-state index contributed by atoms with van der Waals surface area (Å²) >= 11 is 0. The second-order valence-corrected chi connectivity index (χ2v) is 7.05. The lowest BCUT2D eigenvalue weighted by atomic mass is 9.86. The Hall–Kier alpha value is -1.26. The van der Waals surface area contributed by atoms with Gasteiger partial charge in [0, 0.05) is 30.0 Å². The highest BCUT2D eigenvalue weighted by molar-refractivity contribution is 5.84. The number of ether oxygens (including phenoxy) is 1. The van der Waals surface area contributed by atoms with Gasteiger partial charge in [0.1, 0.15) is 17.8 Å². The standard InChI is InChI=1S/C17H22FNO2/c1-17(2,3)15(20)9-13-10-21-16-14-8-12(18)5-4-11(14)6-7-19(13)16/h4-5,8,13,16H,6-7,9-10H2,1-3H3/t13-,16+/m1/s1. The third kappa shape index (κ3) is 2.74. The molecule has 0 unspecified atom stereocenters. The van der Waals surface area contributed by atoms with Gasteiger partial charge in [0.05, 0.1) is 6.61 Å². The number of carbonyl (C=O) groups excluding carboxylic acids is 1. The number of benzene rings is 1. The quantitative estimate of drug-likeness (QED) is 0.838. The van der Waals surface area contributed by atoms with Crippen LogP contribution in [0.3, 0.4) is 0 Å². The predicted molar refractivity (Wildman–Crippen MR) is 78.4 cm³/mol. The van der Waals surface area contributed by atoms with E-state index in [1.54, 1.807) is 6.07 Å². The maximum absolute atomic E-state index is 13.5. The van der Waals surface area contributed by atoms with Crippen molar-refractivity contribution < 1.29 is 13.9 Å². The smallest absolute Gasteiger partial charge is 0.139 e. The van der Waals surface area contributed by atoms with Crippen LogP contribution >= 0.6 is 0 Å². The first kappa shape index (κ1) is 14.7. The Morgan fingerprint density at radius 2 is 2.19 bits per heavy atom. The van der Waals surface area contributed by atoms with Crippen molar-refractivity contribution in [3.8, 4) is 0 Å². The number of hydrogen-bond donors (Lipinski definition) is 0. The first-order valence-electron chi connectivity index (χ1n) is 7.55. The second kappa shape index (κ2) is 5.18. The zero-order chi connectivity index (χ0) is 15.2. The largest absolute Gasteiger partial charge is 0.357 e. The van der Waals surface area contributed by atoms with Crippen molar-refractivity contribution in [3.63, 3.8) is 0 Å². The molecule has 1 fully saturated rings. The van der Waals surface area contributed by atoms with Crippen molar-refractivity contribution in [2.75, 3.05) is 13.2 Å². The zero-order valence-electron chi connectivity index (χ0n) is 12.9. The summed E-state index contributed by atoms with van der Waals surface area (Å²) in [5.41, 5.74) is 1.75. The van der Waals surface area contributed by atoms with Gasteiger partial charge in [0.15, 0.2) is 0 Å². The molecule has 2 aliphatic rings. The normalized spacial score (nSPS) is 25.5. The fourth-order valence-corrected chi connectivity index (χ4v) is 3.12. The summed E-state index contributed by atoms with van der Waals surface area (Å²) in [7, 11) is 0. The molecule has 1 aromatic carbocycles. The fraction of sp³-hybridized carbons (Fsp3) is 0.588. The maximum atomic E-state index is 13.5. The molecule has 0 aliphatic carbocycles. The first-order valence-corrected chi connectivity index (χ1v) is 7.55. The van der Waals surface area contributed by atoms with Crippen LogP contribution in [0.1, 0.15) is 44.5 Å². The van der Waals surface area contributed by atoms with Crippen LogP contribution in [0, 0.1) is 11.2 Å². The third-order valence-electron chi connectivity index (χ3n) is 4.49. The van der Waals surface area contributed by atoms with Crippen LogP contribution in [0.5, 0.6) is 0 Å². The molecule has 0 amide bonds. The number of fused-ring (bicyclic) bond motifs is 3. The molecule has 0 bridgehead atoms. The molecule has 2 aliphatic heterocycles. The molecule has 1 aromatic rings. The van der Waals surface area contributed by atoms with Crippen LogP contribution in [0.2, 0.25) is 0 Å². The summed E-state index contributed by atoms with van der Waals surface area (Å²) < 4.78 is 19.4. The molecule has 3 rings (SSSR count). The summed E-state index contributed by atoms with van der Waals surface area (Å²) in [5, 5.41) is 0. The van der Waals surface area contributed by atoms with Crippen LogP contribution in [-0.4, -0.2) is 29.9 Å². The highest BCUT2D eigenvalue weighted by Gasteiger charge is 2.40. The fourth-order valence-electron chi connectivity index (χ4n) is 3.12. The van der Waals surface area contributed by atoms with Gasteiger partial charge in [-0.15, -0.1) is 0 Å². The molecule has 3 nitrogen and oxygen atoms in total. The highest BCUT2D eigenvalue weighted by Crippen LogP contribution is 2.38. The Morgan fingerprint density at radius 3 is 2.90 bits per heavy atom. The van der Waals surface area contributed by atoms with E-state index in [1.807, 2.05) is 26.8 Å². The summed E-state index contributed by atoms with van der Waals surface area (Å²) in [6, 6.07) is 5.03. The van der Waals surface area contributed by atoms with Gasteiger partial charge in [0.25, 0.3) is 0 Å². The third-order valence-corrected chi connectivity index (χ3v) is 4.49. The van der Waals surface area contributed by atoms with Gasteiger partial charge in [-0.2, -0.15) is 0 Å². The number of nitrogens with zero attached hydrogens (tertiary/aromatic N) is 1. The van der Waals surface area contributed by atoms with Crippen molar-refractivity contribution in [2.24, 2.45) is 5.41 Å². The van der Waals surface area contributed by atoms with E-state index >= 15 is 0 Å². The molecule has 0 saturated carbocycles. The number of carbonyl (C=O) groups is 1. The average molecular weight is 291 g/mol. The summed E-state index contributed by atoms with van der Waals surface area (Å²) in [5.74, 6) is 0.0233. The van der Waals surface area contributed by atoms with Crippen LogP contribution in [0.25, 0.3) is 0 Å². The summed E-state index contributed by atoms with van der Waals surface area (Å²) in [6.07, 6.45) is 1.20. The van der Waals surface area contributed by atoms with Crippen LogP contribution in [-0.2, 0) is 16.0 Å². The van der Waals surface area contributed by atoms with E-state index in [9.17, 15) is 9.18 Å².